The number of carbonyl (C=O) groups excluding carboxylic acids is 2. The number of benzene rings is 2. The summed E-state index contributed by atoms with van der Waals surface area (Å²) < 4.78 is 0.731. The summed E-state index contributed by atoms with van der Waals surface area (Å²) in [6, 6.07) is 9.08. The number of rotatable bonds is 3. The van der Waals surface area contributed by atoms with Crippen LogP contribution in [0.5, 0.6) is 0 Å². The zero-order valence-electron chi connectivity index (χ0n) is 11.9. The van der Waals surface area contributed by atoms with Crippen LogP contribution in [-0.4, -0.2) is 19.0 Å². The maximum atomic E-state index is 12.1. The molecule has 0 atom stereocenters. The van der Waals surface area contributed by atoms with E-state index >= 15 is 0 Å². The third-order valence-electron chi connectivity index (χ3n) is 2.82. The van der Waals surface area contributed by atoms with E-state index in [0.29, 0.717) is 27.0 Å². The SMILES string of the molecule is CNC(=O)c1ccc(Cl)cc1NC(=O)Nc1cc(Cl)cc(Br)c1. The van der Waals surface area contributed by atoms with Gasteiger partial charge in [-0.15, -0.1) is 0 Å². The molecule has 2 aromatic carbocycles. The lowest BCUT2D eigenvalue weighted by Gasteiger charge is -2.12. The molecule has 3 N–H and O–H groups in total. The highest BCUT2D eigenvalue weighted by atomic mass is 79.9. The Balaban J connectivity index is 2.19. The molecule has 0 fully saturated rings. The predicted molar refractivity (Wildman–Crippen MR) is 96.6 cm³/mol. The molecule has 0 saturated heterocycles. The summed E-state index contributed by atoms with van der Waals surface area (Å²) in [5.41, 5.74) is 1.11. The van der Waals surface area contributed by atoms with Gasteiger partial charge in [0.2, 0.25) is 0 Å². The van der Waals surface area contributed by atoms with Gasteiger partial charge in [-0.25, -0.2) is 4.79 Å². The minimum Gasteiger partial charge on any atom is -0.355 e. The number of halogens is 3. The van der Waals surface area contributed by atoms with E-state index in [1.165, 1.54) is 19.2 Å². The van der Waals surface area contributed by atoms with E-state index in [4.69, 9.17) is 23.2 Å². The van der Waals surface area contributed by atoms with Crippen molar-refractivity contribution in [3.05, 3.63) is 56.5 Å². The van der Waals surface area contributed by atoms with Crippen molar-refractivity contribution in [2.75, 3.05) is 17.7 Å². The minimum atomic E-state index is -0.522. The van der Waals surface area contributed by atoms with Gasteiger partial charge in [0.1, 0.15) is 0 Å². The average molecular weight is 417 g/mol. The molecule has 8 heteroatoms. The van der Waals surface area contributed by atoms with Crippen LogP contribution in [0.2, 0.25) is 10.0 Å². The second-order valence-corrected chi connectivity index (χ2v) is 6.29. The summed E-state index contributed by atoms with van der Waals surface area (Å²) in [4.78, 5) is 23.9. The van der Waals surface area contributed by atoms with Crippen LogP contribution in [0.1, 0.15) is 10.4 Å². The fourth-order valence-corrected chi connectivity index (χ4v) is 2.90. The number of anilines is 2. The first kappa shape index (κ1) is 17.6. The molecule has 0 aromatic heterocycles. The molecule has 0 aliphatic rings. The first-order chi connectivity index (χ1) is 10.9. The normalized spacial score (nSPS) is 10.1. The van der Waals surface area contributed by atoms with Crippen molar-refractivity contribution < 1.29 is 9.59 Å². The Hall–Kier alpha value is -1.76. The van der Waals surface area contributed by atoms with Crippen molar-refractivity contribution in [2.24, 2.45) is 0 Å². The third kappa shape index (κ3) is 4.86. The molecule has 23 heavy (non-hydrogen) atoms. The van der Waals surface area contributed by atoms with Gasteiger partial charge in [0, 0.05) is 27.3 Å². The minimum absolute atomic E-state index is 0.301. The van der Waals surface area contributed by atoms with Crippen molar-refractivity contribution in [3.8, 4) is 0 Å². The molecule has 0 bridgehead atoms. The van der Waals surface area contributed by atoms with Crippen molar-refractivity contribution in [1.82, 2.24) is 5.32 Å². The summed E-state index contributed by atoms with van der Waals surface area (Å²) in [6.07, 6.45) is 0. The summed E-state index contributed by atoms with van der Waals surface area (Å²) in [5.74, 6) is -0.331. The Morgan fingerprint density at radius 3 is 2.39 bits per heavy atom. The Labute approximate surface area is 151 Å². The van der Waals surface area contributed by atoms with Gasteiger partial charge in [0.15, 0.2) is 0 Å². The van der Waals surface area contributed by atoms with Gasteiger partial charge in [0.25, 0.3) is 5.91 Å². The van der Waals surface area contributed by atoms with Crippen molar-refractivity contribution >= 4 is 62.4 Å². The van der Waals surface area contributed by atoms with Crippen LogP contribution in [0, 0.1) is 0 Å². The van der Waals surface area contributed by atoms with Crippen molar-refractivity contribution in [1.29, 1.82) is 0 Å². The lowest BCUT2D eigenvalue weighted by molar-refractivity contribution is 0.0964. The molecular weight excluding hydrogens is 405 g/mol. The van der Waals surface area contributed by atoms with Crippen LogP contribution in [0.25, 0.3) is 0 Å². The number of urea groups is 1. The molecule has 0 spiro atoms. The van der Waals surface area contributed by atoms with E-state index in [9.17, 15) is 9.59 Å². The Morgan fingerprint density at radius 1 is 1.00 bits per heavy atom. The highest BCUT2D eigenvalue weighted by Gasteiger charge is 2.13. The summed E-state index contributed by atoms with van der Waals surface area (Å²) >= 11 is 15.1. The number of carbonyl (C=O) groups is 2. The number of hydrogen-bond acceptors (Lipinski definition) is 2. The van der Waals surface area contributed by atoms with Gasteiger partial charge in [0.05, 0.1) is 11.3 Å². The largest absolute Gasteiger partial charge is 0.355 e. The second kappa shape index (κ2) is 7.68. The number of amides is 3. The van der Waals surface area contributed by atoms with Crippen LogP contribution in [0.3, 0.4) is 0 Å². The van der Waals surface area contributed by atoms with E-state index in [-0.39, 0.29) is 5.91 Å². The molecular formula is C15H12BrCl2N3O2. The molecule has 5 nitrogen and oxygen atoms in total. The van der Waals surface area contributed by atoms with E-state index in [1.54, 1.807) is 24.3 Å². The molecule has 0 unspecified atom stereocenters. The molecule has 0 saturated carbocycles. The zero-order valence-corrected chi connectivity index (χ0v) is 15.0. The van der Waals surface area contributed by atoms with Crippen LogP contribution >= 0.6 is 39.1 Å². The Bertz CT molecular complexity index is 748. The van der Waals surface area contributed by atoms with Crippen LogP contribution < -0.4 is 16.0 Å². The van der Waals surface area contributed by atoms with Crippen LogP contribution in [0.15, 0.2) is 40.9 Å². The highest BCUT2D eigenvalue weighted by Crippen LogP contribution is 2.24. The molecule has 3 amide bonds. The highest BCUT2D eigenvalue weighted by molar-refractivity contribution is 9.10. The lowest BCUT2D eigenvalue weighted by Crippen LogP contribution is -2.24. The standard InChI is InChI=1S/C15H12BrCl2N3O2/c1-19-14(22)12-3-2-9(17)7-13(12)21-15(23)20-11-5-8(16)4-10(18)6-11/h2-7H,1H3,(H,19,22)(H2,20,21,23). The van der Waals surface area contributed by atoms with Gasteiger partial charge in [-0.1, -0.05) is 39.1 Å². The molecule has 2 rings (SSSR count). The predicted octanol–water partition coefficient (Wildman–Crippen LogP) is 4.76. The van der Waals surface area contributed by atoms with Crippen molar-refractivity contribution in [3.63, 3.8) is 0 Å². The molecule has 0 radical (unpaired) electrons. The quantitative estimate of drug-likeness (QED) is 0.674. The smallest absolute Gasteiger partial charge is 0.323 e. The topological polar surface area (TPSA) is 70.2 Å². The Morgan fingerprint density at radius 2 is 1.74 bits per heavy atom. The molecule has 0 aliphatic heterocycles. The first-order valence-corrected chi connectivity index (χ1v) is 7.99. The number of nitrogens with one attached hydrogen (secondary N) is 3. The maximum Gasteiger partial charge on any atom is 0.323 e. The van der Waals surface area contributed by atoms with Crippen LogP contribution in [-0.2, 0) is 0 Å². The lowest BCUT2D eigenvalue weighted by atomic mass is 10.1. The van der Waals surface area contributed by atoms with Gasteiger partial charge >= 0.3 is 6.03 Å². The molecule has 0 aliphatic carbocycles. The van der Waals surface area contributed by atoms with E-state index < -0.39 is 6.03 Å². The monoisotopic (exact) mass is 415 g/mol. The molecule has 2 aromatic rings. The van der Waals surface area contributed by atoms with E-state index in [1.807, 2.05) is 0 Å². The summed E-state index contributed by atoms with van der Waals surface area (Å²) in [7, 11) is 1.50. The molecule has 0 heterocycles. The zero-order chi connectivity index (χ0) is 17.0. The van der Waals surface area contributed by atoms with Gasteiger partial charge in [-0.3, -0.25) is 4.79 Å². The second-order valence-electron chi connectivity index (χ2n) is 4.51. The fourth-order valence-electron chi connectivity index (χ4n) is 1.86. The fraction of sp³-hybridized carbons (Fsp3) is 0.0667. The Kier molecular flexibility index (Phi) is 5.87. The van der Waals surface area contributed by atoms with E-state index in [0.717, 1.165) is 4.47 Å². The van der Waals surface area contributed by atoms with Gasteiger partial charge < -0.3 is 16.0 Å². The van der Waals surface area contributed by atoms with Crippen LogP contribution in [0.4, 0.5) is 16.2 Å². The molecule has 120 valence electrons. The van der Waals surface area contributed by atoms with Crippen molar-refractivity contribution in [2.45, 2.75) is 0 Å². The summed E-state index contributed by atoms with van der Waals surface area (Å²) in [6.45, 7) is 0. The maximum absolute atomic E-state index is 12.1. The first-order valence-electron chi connectivity index (χ1n) is 6.45. The number of hydrogen-bond donors (Lipinski definition) is 3. The van der Waals surface area contributed by atoms with E-state index in [2.05, 4.69) is 31.9 Å². The van der Waals surface area contributed by atoms with Gasteiger partial charge in [-0.05, 0) is 36.4 Å². The summed E-state index contributed by atoms with van der Waals surface area (Å²) in [5, 5.41) is 8.62. The average Bonchev–Trinajstić information content (AvgIpc) is 2.45. The van der Waals surface area contributed by atoms with Gasteiger partial charge in [-0.2, -0.15) is 0 Å². The third-order valence-corrected chi connectivity index (χ3v) is 3.73.